The third-order valence-electron chi connectivity index (χ3n) is 6.67. The largest absolute Gasteiger partial charge is 0.542 e. The van der Waals surface area contributed by atoms with Gasteiger partial charge >= 0.3 is 12.1 Å². The molecule has 0 radical (unpaired) electrons. The smallest absolute Gasteiger partial charge is 0.430 e. The van der Waals surface area contributed by atoms with Crippen molar-refractivity contribution in [1.82, 2.24) is 0 Å². The van der Waals surface area contributed by atoms with Crippen molar-refractivity contribution in [3.8, 4) is 0 Å². The quantitative estimate of drug-likeness (QED) is 0.321. The molecule has 11 heteroatoms. The van der Waals surface area contributed by atoms with Crippen LogP contribution in [0.1, 0.15) is 29.0 Å². The molecular formula is C24H28F3NO5S2. The van der Waals surface area contributed by atoms with Crippen LogP contribution in [0.15, 0.2) is 47.7 Å². The highest BCUT2D eigenvalue weighted by atomic mass is 32.1. The van der Waals surface area contributed by atoms with Gasteiger partial charge in [-0.15, -0.1) is 22.7 Å². The number of carbonyl (C=O) groups is 2. The summed E-state index contributed by atoms with van der Waals surface area (Å²) in [5, 5.41) is 23.6. The van der Waals surface area contributed by atoms with Crippen LogP contribution in [0, 0.1) is 5.92 Å². The van der Waals surface area contributed by atoms with Gasteiger partial charge in [-0.2, -0.15) is 13.2 Å². The van der Waals surface area contributed by atoms with Crippen molar-refractivity contribution >= 4 is 34.6 Å². The summed E-state index contributed by atoms with van der Waals surface area (Å²) in [7, 11) is 0. The summed E-state index contributed by atoms with van der Waals surface area (Å²) < 4.78 is 38.5. The van der Waals surface area contributed by atoms with E-state index in [1.807, 2.05) is 22.8 Å². The fourth-order valence-corrected chi connectivity index (χ4v) is 6.28. The molecule has 3 saturated heterocycles. The minimum Gasteiger partial charge on any atom is -0.542 e. The minimum atomic E-state index is -5.19. The van der Waals surface area contributed by atoms with Crippen LogP contribution in [0.25, 0.3) is 0 Å². The lowest BCUT2D eigenvalue weighted by Crippen LogP contribution is -2.65. The van der Waals surface area contributed by atoms with Crippen LogP contribution in [-0.4, -0.2) is 60.0 Å². The van der Waals surface area contributed by atoms with Crippen LogP contribution < -0.4 is 5.11 Å². The van der Waals surface area contributed by atoms with Gasteiger partial charge in [-0.25, -0.2) is 4.79 Å². The first-order valence-electron chi connectivity index (χ1n) is 11.3. The Labute approximate surface area is 209 Å². The second-order valence-electron chi connectivity index (χ2n) is 8.89. The third-order valence-corrected chi connectivity index (χ3v) is 8.60. The maximum Gasteiger partial charge on any atom is 0.430 e. The number of alkyl halides is 3. The van der Waals surface area contributed by atoms with E-state index < -0.39 is 23.7 Å². The number of aliphatic carboxylic acids is 1. The number of halogens is 3. The molecule has 2 aromatic rings. The molecular weight excluding hydrogens is 503 g/mol. The zero-order chi connectivity index (χ0) is 25.7. The second kappa shape index (κ2) is 11.2. The molecule has 0 aliphatic carbocycles. The van der Waals surface area contributed by atoms with Crippen LogP contribution in [-0.2, 0) is 26.3 Å². The average Bonchev–Trinajstić information content (AvgIpc) is 3.54. The molecule has 1 N–H and O–H groups in total. The molecule has 3 aliphatic heterocycles. The number of carboxylic acids is 1. The summed E-state index contributed by atoms with van der Waals surface area (Å²) in [6, 6.07) is 7.90. The van der Waals surface area contributed by atoms with E-state index in [1.54, 1.807) is 6.07 Å². The molecule has 35 heavy (non-hydrogen) atoms. The van der Waals surface area contributed by atoms with Crippen molar-refractivity contribution < 1.29 is 42.2 Å². The zero-order valence-electron chi connectivity index (χ0n) is 19.0. The number of aliphatic hydroxyl groups is 1. The Bertz CT molecular complexity index is 985. The molecule has 5 rings (SSSR count). The van der Waals surface area contributed by atoms with Crippen molar-refractivity contribution in [3.05, 3.63) is 57.4 Å². The Kier molecular flexibility index (Phi) is 8.79. The Morgan fingerprint density at radius 2 is 1.83 bits per heavy atom. The number of ether oxygens (including phenoxy) is 1. The van der Waals surface area contributed by atoms with Crippen LogP contribution in [0.5, 0.6) is 0 Å². The zero-order valence-corrected chi connectivity index (χ0v) is 20.7. The highest BCUT2D eigenvalue weighted by molar-refractivity contribution is 7.10. The number of fused-ring (bicyclic) bond motifs is 3. The fourth-order valence-electron chi connectivity index (χ4n) is 4.72. The number of nitrogens with zero attached hydrogens (tertiary/aromatic N) is 1. The van der Waals surface area contributed by atoms with Crippen LogP contribution in [0.4, 0.5) is 13.2 Å². The van der Waals surface area contributed by atoms with Gasteiger partial charge in [0.15, 0.2) is 6.10 Å². The number of thiophene rings is 2. The summed E-state index contributed by atoms with van der Waals surface area (Å²) in [6.07, 6.45) is 0.486. The molecule has 2 aromatic heterocycles. The fraction of sp³-hybridized carbons (Fsp3) is 0.500. The summed E-state index contributed by atoms with van der Waals surface area (Å²) >= 11 is 3.17. The number of aryl methyl sites for hydroxylation is 1. The predicted octanol–water partition coefficient (Wildman–Crippen LogP) is 3.27. The number of hydrogen-bond acceptors (Lipinski definition) is 7. The molecule has 0 amide bonds. The van der Waals surface area contributed by atoms with Crippen molar-refractivity contribution in [2.75, 3.05) is 26.2 Å². The second-order valence-corrected chi connectivity index (χ2v) is 10.9. The molecule has 192 valence electrons. The number of quaternary nitrogens is 1. The monoisotopic (exact) mass is 531 g/mol. The highest BCUT2D eigenvalue weighted by Crippen LogP contribution is 2.38. The highest BCUT2D eigenvalue weighted by Gasteiger charge is 2.49. The van der Waals surface area contributed by atoms with Gasteiger partial charge in [-0.1, -0.05) is 18.7 Å². The molecule has 0 saturated carbocycles. The lowest BCUT2D eigenvalue weighted by atomic mass is 9.83. The minimum absolute atomic E-state index is 0.108. The van der Waals surface area contributed by atoms with Gasteiger partial charge in [0.1, 0.15) is 12.5 Å². The van der Waals surface area contributed by atoms with E-state index in [1.165, 1.54) is 35.4 Å². The molecule has 1 unspecified atom stereocenters. The Hall–Kier alpha value is -2.21. The van der Waals surface area contributed by atoms with Gasteiger partial charge in [-0.3, -0.25) is 0 Å². The van der Waals surface area contributed by atoms with E-state index >= 15 is 0 Å². The molecule has 6 nitrogen and oxygen atoms in total. The normalized spacial score (nSPS) is 25.1. The predicted molar refractivity (Wildman–Crippen MR) is 124 cm³/mol. The first-order valence-corrected chi connectivity index (χ1v) is 13.0. The summed E-state index contributed by atoms with van der Waals surface area (Å²) in [4.78, 5) is 23.7. The lowest BCUT2D eigenvalue weighted by molar-refractivity contribution is -0.946. The Morgan fingerprint density at radius 3 is 2.34 bits per heavy atom. The molecule has 2 atom stereocenters. The molecule has 3 fully saturated rings. The molecule has 5 heterocycles. The SMILES string of the molecule is C=CC(O)(C(=O)O[C@H]1C[N+]2(CCCc3cccs3)CCC1CC2)c1cccs1.O=C([O-])C(F)(F)F. The molecule has 3 aliphatic rings. The Morgan fingerprint density at radius 1 is 1.20 bits per heavy atom. The maximum atomic E-state index is 12.9. The van der Waals surface area contributed by atoms with E-state index in [2.05, 4.69) is 24.1 Å². The average molecular weight is 532 g/mol. The van der Waals surface area contributed by atoms with Crippen molar-refractivity contribution in [2.45, 2.75) is 43.6 Å². The van der Waals surface area contributed by atoms with E-state index in [0.717, 1.165) is 43.3 Å². The van der Waals surface area contributed by atoms with Gasteiger partial charge in [0.2, 0.25) is 5.60 Å². The van der Waals surface area contributed by atoms with Crippen LogP contribution in [0.2, 0.25) is 0 Å². The van der Waals surface area contributed by atoms with Gasteiger partial charge in [0, 0.05) is 30.1 Å². The third kappa shape index (κ3) is 6.72. The first kappa shape index (κ1) is 27.4. The van der Waals surface area contributed by atoms with Crippen molar-refractivity contribution in [1.29, 1.82) is 0 Å². The van der Waals surface area contributed by atoms with Crippen LogP contribution in [0.3, 0.4) is 0 Å². The standard InChI is InChI=1S/C22H28NO3S2.C2HF3O2/c1-2-22(25,20-8-5-15-28-20)21(24)26-19-16-23(12-9-17(19)10-13-23)11-3-6-18-7-4-14-27-18;3-2(4,5)1(6)7/h2,4-5,7-8,14-15,17,19,25H,1,3,6,9-13,16H2;(H,6,7)/q+1;/p-1/t17?,19-,22?,23?;/m0./s1. The number of hydrogen-bond donors (Lipinski definition) is 1. The van der Waals surface area contributed by atoms with Gasteiger partial charge in [0.25, 0.3) is 0 Å². The van der Waals surface area contributed by atoms with Gasteiger partial charge in [0.05, 0.1) is 24.5 Å². The van der Waals surface area contributed by atoms with Crippen LogP contribution >= 0.6 is 22.7 Å². The van der Waals surface area contributed by atoms with Crippen molar-refractivity contribution in [2.24, 2.45) is 5.92 Å². The maximum absolute atomic E-state index is 12.9. The summed E-state index contributed by atoms with van der Waals surface area (Å²) in [5.74, 6) is -3.17. The number of carboxylic acid groups (broad SMARTS) is 1. The van der Waals surface area contributed by atoms with Gasteiger partial charge < -0.3 is 24.2 Å². The van der Waals surface area contributed by atoms with E-state index in [-0.39, 0.29) is 6.10 Å². The summed E-state index contributed by atoms with van der Waals surface area (Å²) in [6.45, 7) is 8.05. The summed E-state index contributed by atoms with van der Waals surface area (Å²) in [5.41, 5.74) is -1.75. The first-order chi connectivity index (χ1) is 16.5. The number of piperidine rings is 3. The lowest BCUT2D eigenvalue weighted by Gasteiger charge is -2.52. The van der Waals surface area contributed by atoms with Crippen molar-refractivity contribution in [3.63, 3.8) is 0 Å². The van der Waals surface area contributed by atoms with E-state index in [0.29, 0.717) is 10.8 Å². The van der Waals surface area contributed by atoms with E-state index in [9.17, 15) is 23.1 Å². The topological polar surface area (TPSA) is 86.7 Å². The molecule has 2 bridgehead atoms. The van der Waals surface area contributed by atoms with E-state index in [4.69, 9.17) is 14.6 Å². The van der Waals surface area contributed by atoms with Gasteiger partial charge in [-0.05, 0) is 35.4 Å². The number of rotatable bonds is 8. The Balaban J connectivity index is 0.000000429. The number of carbonyl (C=O) groups excluding carboxylic acids is 2. The molecule has 0 aromatic carbocycles. The number of esters is 1. The molecule has 0 spiro atoms.